The molecule has 1 aromatic heterocycles. The third-order valence-corrected chi connectivity index (χ3v) is 6.25. The fourth-order valence-corrected chi connectivity index (χ4v) is 5.14. The molecule has 27 heavy (non-hydrogen) atoms. The van der Waals surface area contributed by atoms with Crippen molar-refractivity contribution >= 4 is 61.9 Å². The van der Waals surface area contributed by atoms with Gasteiger partial charge in [-0.25, -0.2) is 0 Å². The summed E-state index contributed by atoms with van der Waals surface area (Å²) in [4.78, 5) is 18.5. The van der Waals surface area contributed by atoms with Crippen molar-refractivity contribution in [1.29, 1.82) is 0 Å². The van der Waals surface area contributed by atoms with Crippen LogP contribution in [0.5, 0.6) is 5.75 Å². The number of para-hydroxylation sites is 1. The fraction of sp³-hybridized carbons (Fsp3) is 0.286. The number of likely N-dealkylation sites (N-methyl/N-ethyl adjacent to an activating group) is 1. The van der Waals surface area contributed by atoms with Gasteiger partial charge in [0.2, 0.25) is 0 Å². The van der Waals surface area contributed by atoms with Gasteiger partial charge in [-0.2, -0.15) is 0 Å². The van der Waals surface area contributed by atoms with Crippen LogP contribution in [0.1, 0.15) is 29.8 Å². The van der Waals surface area contributed by atoms with Crippen LogP contribution < -0.4 is 4.74 Å². The zero-order valence-corrected chi connectivity index (χ0v) is 19.7. The molecule has 1 N–H and O–H groups in total. The summed E-state index contributed by atoms with van der Waals surface area (Å²) in [5, 5.41) is 0.951. The van der Waals surface area contributed by atoms with Crippen molar-refractivity contribution in [3.8, 4) is 5.75 Å². The molecule has 0 saturated carbocycles. The van der Waals surface area contributed by atoms with E-state index >= 15 is 0 Å². The highest BCUT2D eigenvalue weighted by Gasteiger charge is 2.18. The number of ether oxygens (including phenoxy) is 1. The Kier molecular flexibility index (Phi) is 7.16. The molecule has 0 atom stereocenters. The Morgan fingerprint density at radius 1 is 1.11 bits per heavy atom. The van der Waals surface area contributed by atoms with Crippen LogP contribution >= 0.6 is 45.2 Å². The van der Waals surface area contributed by atoms with Crippen LogP contribution in [0.2, 0.25) is 0 Å². The van der Waals surface area contributed by atoms with Gasteiger partial charge >= 0.3 is 0 Å². The third kappa shape index (κ3) is 4.65. The summed E-state index contributed by atoms with van der Waals surface area (Å²) in [7, 11) is 0. The van der Waals surface area contributed by atoms with Crippen LogP contribution in [-0.2, 0) is 0 Å². The maximum Gasteiger partial charge on any atom is 0.195 e. The first-order valence-corrected chi connectivity index (χ1v) is 11.2. The van der Waals surface area contributed by atoms with E-state index in [1.807, 2.05) is 36.4 Å². The molecule has 3 aromatic rings. The summed E-state index contributed by atoms with van der Waals surface area (Å²) in [6, 6.07) is 11.7. The molecular formula is C21H22I2N2O2. The summed E-state index contributed by atoms with van der Waals surface area (Å²) >= 11 is 4.51. The molecule has 0 aliphatic rings. The predicted octanol–water partition coefficient (Wildman–Crippen LogP) is 5.33. The fourth-order valence-electron chi connectivity index (χ4n) is 3.06. The number of nitrogens with zero attached hydrogens (tertiary/aromatic N) is 1. The molecule has 2 aromatic carbocycles. The van der Waals surface area contributed by atoms with Gasteiger partial charge in [-0.3, -0.25) is 4.79 Å². The van der Waals surface area contributed by atoms with Gasteiger partial charge in [0.1, 0.15) is 12.4 Å². The molecule has 0 unspecified atom stereocenters. The van der Waals surface area contributed by atoms with E-state index in [9.17, 15) is 4.79 Å². The van der Waals surface area contributed by atoms with Crippen molar-refractivity contribution in [3.63, 3.8) is 0 Å². The quantitative estimate of drug-likeness (QED) is 0.286. The van der Waals surface area contributed by atoms with Crippen LogP contribution in [0.4, 0.5) is 0 Å². The predicted molar refractivity (Wildman–Crippen MR) is 127 cm³/mol. The Balaban J connectivity index is 1.81. The van der Waals surface area contributed by atoms with E-state index in [1.54, 1.807) is 6.20 Å². The number of H-pyrrole nitrogens is 1. The Morgan fingerprint density at radius 2 is 1.78 bits per heavy atom. The van der Waals surface area contributed by atoms with Gasteiger partial charge in [0.15, 0.2) is 5.78 Å². The Morgan fingerprint density at radius 3 is 2.44 bits per heavy atom. The van der Waals surface area contributed by atoms with Crippen LogP contribution in [0, 0.1) is 7.14 Å². The minimum atomic E-state index is 0.0259. The SMILES string of the molecule is CCN(CC)CCOc1c(I)cc(C(=O)c2c[nH]c3ccccc23)cc1I. The van der Waals surface area contributed by atoms with Crippen molar-refractivity contribution in [3.05, 3.63) is 60.9 Å². The number of carbonyl (C=O) groups is 1. The largest absolute Gasteiger partial charge is 0.490 e. The summed E-state index contributed by atoms with van der Waals surface area (Å²) in [6.45, 7) is 7.89. The highest BCUT2D eigenvalue weighted by molar-refractivity contribution is 14.1. The molecule has 0 spiro atoms. The van der Waals surface area contributed by atoms with Crippen molar-refractivity contribution in [2.45, 2.75) is 13.8 Å². The summed E-state index contributed by atoms with van der Waals surface area (Å²) in [5.41, 5.74) is 2.36. The number of benzene rings is 2. The summed E-state index contributed by atoms with van der Waals surface area (Å²) < 4.78 is 7.94. The molecule has 0 radical (unpaired) electrons. The lowest BCUT2D eigenvalue weighted by Crippen LogP contribution is -2.28. The lowest BCUT2D eigenvalue weighted by atomic mass is 10.0. The molecule has 1 heterocycles. The van der Waals surface area contributed by atoms with Crippen molar-refractivity contribution in [2.24, 2.45) is 0 Å². The van der Waals surface area contributed by atoms with Crippen molar-refractivity contribution in [1.82, 2.24) is 9.88 Å². The number of fused-ring (bicyclic) bond motifs is 1. The molecule has 6 heteroatoms. The average Bonchev–Trinajstić information content (AvgIpc) is 3.10. The number of rotatable bonds is 8. The van der Waals surface area contributed by atoms with Gasteiger partial charge in [-0.15, -0.1) is 0 Å². The Bertz CT molecular complexity index is 925. The smallest absolute Gasteiger partial charge is 0.195 e. The van der Waals surface area contributed by atoms with E-state index in [4.69, 9.17) is 4.74 Å². The Labute approximate surface area is 186 Å². The van der Waals surface area contributed by atoms with E-state index in [2.05, 4.69) is 68.9 Å². The molecule has 142 valence electrons. The zero-order valence-electron chi connectivity index (χ0n) is 15.4. The van der Waals surface area contributed by atoms with E-state index in [0.717, 1.165) is 43.4 Å². The maximum atomic E-state index is 13.0. The number of aromatic amines is 1. The molecular weight excluding hydrogens is 566 g/mol. The minimum Gasteiger partial charge on any atom is -0.490 e. The van der Waals surface area contributed by atoms with E-state index in [-0.39, 0.29) is 5.78 Å². The molecule has 0 aliphatic heterocycles. The van der Waals surface area contributed by atoms with Gasteiger partial charge in [-0.1, -0.05) is 32.0 Å². The van der Waals surface area contributed by atoms with Crippen LogP contribution in [0.25, 0.3) is 10.9 Å². The van der Waals surface area contributed by atoms with Crippen LogP contribution in [0.15, 0.2) is 42.6 Å². The van der Waals surface area contributed by atoms with Crippen molar-refractivity contribution in [2.75, 3.05) is 26.2 Å². The second-order valence-electron chi connectivity index (χ2n) is 6.22. The third-order valence-electron chi connectivity index (χ3n) is 4.64. The van der Waals surface area contributed by atoms with E-state index < -0.39 is 0 Å². The number of halogens is 2. The van der Waals surface area contributed by atoms with Crippen molar-refractivity contribution < 1.29 is 9.53 Å². The number of hydrogen-bond acceptors (Lipinski definition) is 3. The number of aromatic nitrogens is 1. The monoisotopic (exact) mass is 588 g/mol. The number of ketones is 1. The first-order valence-electron chi connectivity index (χ1n) is 9.00. The van der Waals surface area contributed by atoms with Gasteiger partial charge in [-0.05, 0) is 76.5 Å². The van der Waals surface area contributed by atoms with Gasteiger partial charge in [0.05, 0.1) is 7.14 Å². The zero-order chi connectivity index (χ0) is 19.4. The first kappa shape index (κ1) is 20.6. The topological polar surface area (TPSA) is 45.3 Å². The number of hydrogen-bond donors (Lipinski definition) is 1. The van der Waals surface area contributed by atoms with Crippen LogP contribution in [0.3, 0.4) is 0 Å². The molecule has 0 fully saturated rings. The standard InChI is InChI=1S/C21H22I2N2O2/c1-3-25(4-2)9-10-27-21-17(22)11-14(12-18(21)23)20(26)16-13-24-19-8-6-5-7-15(16)19/h5-8,11-13,24H,3-4,9-10H2,1-2H3. The average molecular weight is 588 g/mol. The number of carbonyl (C=O) groups excluding carboxylic acids is 1. The highest BCUT2D eigenvalue weighted by Crippen LogP contribution is 2.31. The van der Waals surface area contributed by atoms with Gasteiger partial charge in [0.25, 0.3) is 0 Å². The molecule has 4 nitrogen and oxygen atoms in total. The second-order valence-corrected chi connectivity index (χ2v) is 8.55. The van der Waals surface area contributed by atoms with E-state index in [0.29, 0.717) is 17.7 Å². The van der Waals surface area contributed by atoms with Crippen LogP contribution in [-0.4, -0.2) is 41.9 Å². The minimum absolute atomic E-state index is 0.0259. The van der Waals surface area contributed by atoms with E-state index in [1.165, 1.54) is 0 Å². The molecule has 0 amide bonds. The van der Waals surface area contributed by atoms with Gasteiger partial charge < -0.3 is 14.6 Å². The lowest BCUT2D eigenvalue weighted by Gasteiger charge is -2.19. The highest BCUT2D eigenvalue weighted by atomic mass is 127. The summed E-state index contributed by atoms with van der Waals surface area (Å²) in [5.74, 6) is 0.886. The second kappa shape index (κ2) is 9.38. The molecule has 0 aliphatic carbocycles. The molecule has 3 rings (SSSR count). The first-order chi connectivity index (χ1) is 13.0. The lowest BCUT2D eigenvalue weighted by molar-refractivity contribution is 0.104. The maximum absolute atomic E-state index is 13.0. The van der Waals surface area contributed by atoms with Gasteiger partial charge in [0, 0.05) is 34.8 Å². The molecule has 0 saturated heterocycles. The Hall–Kier alpha value is -1.13. The normalized spacial score (nSPS) is 11.3. The summed E-state index contributed by atoms with van der Waals surface area (Å²) in [6.07, 6.45) is 1.79. The molecule has 0 bridgehead atoms. The number of nitrogens with one attached hydrogen (secondary N) is 1.